The lowest BCUT2D eigenvalue weighted by atomic mass is 10.3. The van der Waals surface area contributed by atoms with Gasteiger partial charge < -0.3 is 0 Å². The van der Waals surface area contributed by atoms with Gasteiger partial charge in [-0.05, 0) is 47.4 Å². The largest absolute Gasteiger partial charge is 0.300 e. The van der Waals surface area contributed by atoms with Crippen LogP contribution in [0.1, 0.15) is 22.2 Å². The minimum Gasteiger partial charge on any atom is -0.300 e. The fraction of sp³-hybridized carbons (Fsp3) is 0.300. The molecular weight excluding hydrogens is 351 g/mol. The van der Waals surface area contributed by atoms with E-state index in [9.17, 15) is 4.79 Å². The van der Waals surface area contributed by atoms with Gasteiger partial charge in [-0.2, -0.15) is 0 Å². The lowest BCUT2D eigenvalue weighted by molar-refractivity contribution is 0.102. The van der Waals surface area contributed by atoms with Crippen LogP contribution in [0.5, 0.6) is 0 Å². The molecule has 0 unspecified atom stereocenters. The van der Waals surface area contributed by atoms with Crippen molar-refractivity contribution in [2.75, 3.05) is 5.32 Å². The zero-order chi connectivity index (χ0) is 12.4. The van der Waals surface area contributed by atoms with Gasteiger partial charge in [-0.15, -0.1) is 21.5 Å². The number of nitrogens with one attached hydrogen (secondary N) is 1. The van der Waals surface area contributed by atoms with Gasteiger partial charge in [0.1, 0.15) is 11.2 Å². The molecular formula is C10H11IN4OS. The average molecular weight is 362 g/mol. The number of hydrogen-bond acceptors (Lipinski definition) is 4. The van der Waals surface area contributed by atoms with E-state index >= 15 is 0 Å². The molecule has 0 radical (unpaired) electrons. The van der Waals surface area contributed by atoms with Crippen LogP contribution in [0.15, 0.2) is 11.7 Å². The van der Waals surface area contributed by atoms with Gasteiger partial charge >= 0.3 is 0 Å². The molecule has 1 amide bonds. The molecule has 0 aliphatic rings. The molecule has 0 saturated heterocycles. The van der Waals surface area contributed by atoms with Crippen molar-refractivity contribution in [3.63, 3.8) is 0 Å². The summed E-state index contributed by atoms with van der Waals surface area (Å²) in [7, 11) is 0. The molecule has 0 spiro atoms. The van der Waals surface area contributed by atoms with E-state index in [1.54, 1.807) is 10.9 Å². The Balaban J connectivity index is 2.20. The molecule has 2 aromatic rings. The first-order valence-corrected chi connectivity index (χ1v) is 7.02. The molecule has 2 heterocycles. The summed E-state index contributed by atoms with van der Waals surface area (Å²) in [6.45, 7) is 4.69. The van der Waals surface area contributed by atoms with Gasteiger partial charge in [-0.3, -0.25) is 14.7 Å². The molecule has 90 valence electrons. The van der Waals surface area contributed by atoms with Crippen LogP contribution in [0.2, 0.25) is 0 Å². The smallest absolute Gasteiger partial charge is 0.269 e. The Bertz CT molecular complexity index is 548. The van der Waals surface area contributed by atoms with Crippen LogP contribution >= 0.6 is 33.9 Å². The van der Waals surface area contributed by atoms with E-state index in [1.165, 1.54) is 11.3 Å². The number of aryl methyl sites for hydroxylation is 2. The van der Waals surface area contributed by atoms with Crippen molar-refractivity contribution < 1.29 is 4.79 Å². The summed E-state index contributed by atoms with van der Waals surface area (Å²) < 4.78 is 2.78. The van der Waals surface area contributed by atoms with Crippen LogP contribution in [0.25, 0.3) is 0 Å². The fourth-order valence-electron chi connectivity index (χ4n) is 1.32. The predicted molar refractivity (Wildman–Crippen MR) is 75.4 cm³/mol. The fourth-order valence-corrected chi connectivity index (χ4v) is 3.15. The molecule has 2 aromatic heterocycles. The molecule has 1 N–H and O–H groups in total. The third-order valence-corrected chi connectivity index (χ3v) is 5.14. The molecule has 7 heteroatoms. The highest BCUT2D eigenvalue weighted by molar-refractivity contribution is 14.1. The van der Waals surface area contributed by atoms with Gasteiger partial charge in [0, 0.05) is 10.1 Å². The molecule has 0 aliphatic carbocycles. The number of nitrogens with zero attached hydrogens (tertiary/aromatic N) is 3. The zero-order valence-electron chi connectivity index (χ0n) is 9.40. The number of hydrogen-bond donors (Lipinski definition) is 1. The van der Waals surface area contributed by atoms with Crippen molar-refractivity contribution in [1.29, 1.82) is 0 Å². The van der Waals surface area contributed by atoms with Crippen molar-refractivity contribution in [2.45, 2.75) is 20.4 Å². The zero-order valence-corrected chi connectivity index (χ0v) is 12.4. The molecule has 17 heavy (non-hydrogen) atoms. The van der Waals surface area contributed by atoms with Crippen LogP contribution in [-0.2, 0) is 6.54 Å². The van der Waals surface area contributed by atoms with E-state index in [0.717, 1.165) is 15.7 Å². The highest BCUT2D eigenvalue weighted by Gasteiger charge is 2.16. The Hall–Kier alpha value is -0.960. The summed E-state index contributed by atoms with van der Waals surface area (Å²) in [6.07, 6.45) is 1.60. The Morgan fingerprint density at radius 2 is 2.41 bits per heavy atom. The monoisotopic (exact) mass is 362 g/mol. The number of amides is 1. The lowest BCUT2D eigenvalue weighted by Crippen LogP contribution is -2.15. The van der Waals surface area contributed by atoms with Gasteiger partial charge in [0.2, 0.25) is 5.95 Å². The summed E-state index contributed by atoms with van der Waals surface area (Å²) in [5.74, 6) is 0.356. The Morgan fingerprint density at radius 3 is 3.00 bits per heavy atom. The van der Waals surface area contributed by atoms with E-state index in [4.69, 9.17) is 0 Å². The number of anilines is 1. The first-order valence-electron chi connectivity index (χ1n) is 5.06. The number of aromatic nitrogens is 3. The summed E-state index contributed by atoms with van der Waals surface area (Å²) in [6, 6.07) is 0. The van der Waals surface area contributed by atoms with Crippen LogP contribution in [0, 0.1) is 10.5 Å². The van der Waals surface area contributed by atoms with Crippen molar-refractivity contribution in [3.05, 3.63) is 25.7 Å². The Morgan fingerprint density at radius 1 is 1.65 bits per heavy atom. The third kappa shape index (κ3) is 2.49. The van der Waals surface area contributed by atoms with E-state index in [1.807, 2.05) is 19.2 Å². The van der Waals surface area contributed by atoms with E-state index in [2.05, 4.69) is 38.1 Å². The van der Waals surface area contributed by atoms with E-state index < -0.39 is 0 Å². The Kier molecular flexibility index (Phi) is 3.77. The summed E-state index contributed by atoms with van der Waals surface area (Å²) in [5, 5.41) is 12.4. The van der Waals surface area contributed by atoms with E-state index in [-0.39, 0.29) is 5.91 Å². The predicted octanol–water partition coefficient (Wildman–Crippen LogP) is 2.52. The van der Waals surface area contributed by atoms with Gasteiger partial charge in [0.15, 0.2) is 0 Å². The van der Waals surface area contributed by atoms with Crippen molar-refractivity contribution >= 4 is 45.8 Å². The molecule has 5 nitrogen and oxygen atoms in total. The lowest BCUT2D eigenvalue weighted by Gasteiger charge is -2.04. The van der Waals surface area contributed by atoms with Crippen molar-refractivity contribution in [3.8, 4) is 0 Å². The highest BCUT2D eigenvalue weighted by Crippen LogP contribution is 2.24. The second-order valence-electron chi connectivity index (χ2n) is 3.46. The van der Waals surface area contributed by atoms with Crippen LogP contribution in [0.4, 0.5) is 5.95 Å². The minimum atomic E-state index is -0.129. The maximum Gasteiger partial charge on any atom is 0.269 e. The number of carbonyl (C=O) groups is 1. The summed E-state index contributed by atoms with van der Waals surface area (Å²) >= 11 is 3.62. The molecule has 0 fully saturated rings. The molecule has 0 atom stereocenters. The summed E-state index contributed by atoms with van der Waals surface area (Å²) in [4.78, 5) is 12.7. The standard InChI is InChI=1S/C10H11IN4OS/c1-3-15-5-12-14-10(15)13-9(16)8-7(11)6(2)4-17-8/h4-5H,3H2,1-2H3,(H,13,14,16). The third-order valence-electron chi connectivity index (χ3n) is 2.29. The van der Waals surface area contributed by atoms with Crippen LogP contribution in [-0.4, -0.2) is 20.7 Å². The topological polar surface area (TPSA) is 59.8 Å². The van der Waals surface area contributed by atoms with Crippen molar-refractivity contribution in [1.82, 2.24) is 14.8 Å². The molecule has 0 aliphatic heterocycles. The SMILES string of the molecule is CCn1cnnc1NC(=O)c1scc(C)c1I. The number of rotatable bonds is 3. The summed E-state index contributed by atoms with van der Waals surface area (Å²) in [5.41, 5.74) is 1.12. The second-order valence-corrected chi connectivity index (χ2v) is 5.41. The van der Waals surface area contributed by atoms with Crippen molar-refractivity contribution in [2.24, 2.45) is 0 Å². The molecule has 0 aromatic carbocycles. The maximum absolute atomic E-state index is 12.0. The second kappa shape index (κ2) is 5.13. The van der Waals surface area contributed by atoms with Gasteiger partial charge in [0.25, 0.3) is 5.91 Å². The van der Waals surface area contributed by atoms with Crippen LogP contribution < -0.4 is 5.32 Å². The molecule has 0 saturated carbocycles. The van der Waals surface area contributed by atoms with E-state index in [0.29, 0.717) is 10.8 Å². The van der Waals surface area contributed by atoms with Gasteiger partial charge in [0.05, 0.1) is 0 Å². The average Bonchev–Trinajstić information content (AvgIpc) is 2.87. The number of thiophene rings is 1. The highest BCUT2D eigenvalue weighted by atomic mass is 127. The van der Waals surface area contributed by atoms with Crippen LogP contribution in [0.3, 0.4) is 0 Å². The Labute approximate surface area is 116 Å². The number of halogens is 1. The normalized spacial score (nSPS) is 10.5. The quantitative estimate of drug-likeness (QED) is 0.854. The first-order chi connectivity index (χ1) is 8.13. The maximum atomic E-state index is 12.0. The molecule has 0 bridgehead atoms. The minimum absolute atomic E-state index is 0.129. The van der Waals surface area contributed by atoms with Gasteiger partial charge in [-0.1, -0.05) is 0 Å². The first kappa shape index (κ1) is 12.5. The molecule has 2 rings (SSSR count). The van der Waals surface area contributed by atoms with Gasteiger partial charge in [-0.25, -0.2) is 0 Å². The number of carbonyl (C=O) groups excluding carboxylic acids is 1.